The van der Waals surface area contributed by atoms with Crippen LogP contribution in [-0.4, -0.2) is 56.8 Å². The van der Waals surface area contributed by atoms with Crippen molar-refractivity contribution in [2.75, 3.05) is 29.9 Å². The maximum atomic E-state index is 13.6. The van der Waals surface area contributed by atoms with Gasteiger partial charge in [-0.05, 0) is 51.0 Å². The second kappa shape index (κ2) is 10.8. The quantitative estimate of drug-likeness (QED) is 0.550. The molecule has 1 aliphatic rings. The van der Waals surface area contributed by atoms with E-state index in [-0.39, 0.29) is 25.0 Å². The van der Waals surface area contributed by atoms with Crippen molar-refractivity contribution in [2.45, 2.75) is 40.3 Å². The molecule has 0 saturated heterocycles. The molecule has 0 unspecified atom stereocenters. The third-order valence-corrected chi connectivity index (χ3v) is 7.48. The molecule has 2 aromatic carbocycles. The van der Waals surface area contributed by atoms with E-state index in [1.807, 2.05) is 31.2 Å². The smallest absolute Gasteiger partial charge is 0.244 e. The highest BCUT2D eigenvalue weighted by molar-refractivity contribution is 7.92. The van der Waals surface area contributed by atoms with Gasteiger partial charge in [0.25, 0.3) is 0 Å². The zero-order valence-electron chi connectivity index (χ0n) is 19.9. The van der Waals surface area contributed by atoms with Crippen LogP contribution in [0.3, 0.4) is 0 Å². The van der Waals surface area contributed by atoms with Gasteiger partial charge < -0.3 is 19.7 Å². The zero-order valence-corrected chi connectivity index (χ0v) is 20.7. The Bertz CT molecular complexity index is 1150. The van der Waals surface area contributed by atoms with Crippen molar-refractivity contribution < 1.29 is 27.5 Å². The summed E-state index contributed by atoms with van der Waals surface area (Å²) in [6, 6.07) is 11.5. The SMILES string of the molecule is CCNC(=O)[C@H](C)N(Cc1ccccc1C)C(=O)CN(c1ccc2c(c1)OCO2)S(=O)(=O)CC. The molecule has 34 heavy (non-hydrogen) atoms. The van der Waals surface area contributed by atoms with Gasteiger partial charge in [-0.2, -0.15) is 0 Å². The molecule has 1 aliphatic heterocycles. The number of anilines is 1. The third-order valence-electron chi connectivity index (χ3n) is 5.74. The molecule has 0 bridgehead atoms. The van der Waals surface area contributed by atoms with Crippen molar-refractivity contribution in [3.63, 3.8) is 0 Å². The molecule has 1 N–H and O–H groups in total. The number of nitrogens with zero attached hydrogens (tertiary/aromatic N) is 2. The first-order chi connectivity index (χ1) is 16.2. The summed E-state index contributed by atoms with van der Waals surface area (Å²) < 4.78 is 37.7. The lowest BCUT2D eigenvalue weighted by atomic mass is 10.1. The van der Waals surface area contributed by atoms with Crippen LogP contribution in [0, 0.1) is 6.92 Å². The summed E-state index contributed by atoms with van der Waals surface area (Å²) in [5, 5.41) is 2.74. The summed E-state index contributed by atoms with van der Waals surface area (Å²) in [5.74, 6) is -0.0731. The van der Waals surface area contributed by atoms with E-state index in [4.69, 9.17) is 9.47 Å². The molecule has 1 heterocycles. The molecule has 10 heteroatoms. The van der Waals surface area contributed by atoms with Crippen molar-refractivity contribution in [1.82, 2.24) is 10.2 Å². The summed E-state index contributed by atoms with van der Waals surface area (Å²) in [4.78, 5) is 27.6. The molecule has 3 rings (SSSR count). The van der Waals surface area contributed by atoms with Crippen LogP contribution in [0.1, 0.15) is 31.9 Å². The molecule has 0 spiro atoms. The van der Waals surface area contributed by atoms with E-state index in [0.29, 0.717) is 23.7 Å². The number of carbonyl (C=O) groups excluding carboxylic acids is 2. The molecule has 2 amide bonds. The number of sulfonamides is 1. The number of nitrogens with one attached hydrogen (secondary N) is 1. The molecule has 0 saturated carbocycles. The largest absolute Gasteiger partial charge is 0.454 e. The van der Waals surface area contributed by atoms with Crippen LogP contribution in [0.4, 0.5) is 5.69 Å². The van der Waals surface area contributed by atoms with Gasteiger partial charge in [-0.3, -0.25) is 13.9 Å². The molecule has 0 aliphatic carbocycles. The Morgan fingerprint density at radius 2 is 1.79 bits per heavy atom. The lowest BCUT2D eigenvalue weighted by Gasteiger charge is -2.32. The molecule has 9 nitrogen and oxygen atoms in total. The maximum Gasteiger partial charge on any atom is 0.244 e. The minimum absolute atomic E-state index is 0.0481. The Hall–Kier alpha value is -3.27. The van der Waals surface area contributed by atoms with E-state index in [1.54, 1.807) is 32.0 Å². The van der Waals surface area contributed by atoms with Gasteiger partial charge in [-0.1, -0.05) is 24.3 Å². The third kappa shape index (κ3) is 5.61. The molecule has 0 aromatic heterocycles. The van der Waals surface area contributed by atoms with E-state index in [0.717, 1.165) is 15.4 Å². The lowest BCUT2D eigenvalue weighted by Crippen LogP contribution is -2.51. The van der Waals surface area contributed by atoms with E-state index in [9.17, 15) is 18.0 Å². The number of aryl methyl sites for hydroxylation is 1. The normalized spacial score (nSPS) is 13.3. The minimum Gasteiger partial charge on any atom is -0.454 e. The average Bonchev–Trinajstić information content (AvgIpc) is 3.29. The lowest BCUT2D eigenvalue weighted by molar-refractivity contribution is -0.139. The number of benzene rings is 2. The van der Waals surface area contributed by atoms with Crippen LogP contribution >= 0.6 is 0 Å². The highest BCUT2D eigenvalue weighted by Crippen LogP contribution is 2.36. The number of fused-ring (bicyclic) bond motifs is 1. The first-order valence-corrected chi connectivity index (χ1v) is 12.8. The number of rotatable bonds is 10. The van der Waals surface area contributed by atoms with Gasteiger partial charge in [0.05, 0.1) is 11.4 Å². The number of amides is 2. The van der Waals surface area contributed by atoms with Gasteiger partial charge in [0.2, 0.25) is 28.6 Å². The summed E-state index contributed by atoms with van der Waals surface area (Å²) in [6.45, 7) is 7.07. The van der Waals surface area contributed by atoms with Crippen molar-refractivity contribution in [2.24, 2.45) is 0 Å². The Labute approximate surface area is 200 Å². The molecule has 0 fully saturated rings. The predicted octanol–water partition coefficient (Wildman–Crippen LogP) is 2.43. The Balaban J connectivity index is 1.95. The van der Waals surface area contributed by atoms with Crippen LogP contribution in [0.5, 0.6) is 11.5 Å². The Kier molecular flexibility index (Phi) is 8.03. The minimum atomic E-state index is -3.81. The Morgan fingerprint density at radius 3 is 2.47 bits per heavy atom. The second-order valence-corrected chi connectivity index (χ2v) is 10.1. The average molecular weight is 490 g/mol. The van der Waals surface area contributed by atoms with E-state index >= 15 is 0 Å². The molecule has 0 radical (unpaired) electrons. The van der Waals surface area contributed by atoms with Gasteiger partial charge in [-0.25, -0.2) is 8.42 Å². The van der Waals surface area contributed by atoms with Crippen LogP contribution in [0.15, 0.2) is 42.5 Å². The Morgan fingerprint density at radius 1 is 1.09 bits per heavy atom. The first-order valence-electron chi connectivity index (χ1n) is 11.2. The zero-order chi connectivity index (χ0) is 24.9. The predicted molar refractivity (Wildman–Crippen MR) is 129 cm³/mol. The fourth-order valence-electron chi connectivity index (χ4n) is 3.64. The summed E-state index contributed by atoms with van der Waals surface area (Å²) in [5.41, 5.74) is 2.14. The molecule has 2 aromatic rings. The number of hydrogen-bond acceptors (Lipinski definition) is 6. The molecular weight excluding hydrogens is 458 g/mol. The van der Waals surface area contributed by atoms with Gasteiger partial charge in [0.15, 0.2) is 11.5 Å². The van der Waals surface area contributed by atoms with Gasteiger partial charge in [0, 0.05) is 19.2 Å². The van der Waals surface area contributed by atoms with E-state index in [2.05, 4.69) is 5.32 Å². The number of carbonyl (C=O) groups is 2. The first kappa shape index (κ1) is 25.4. The number of hydrogen-bond donors (Lipinski definition) is 1. The van der Waals surface area contributed by atoms with Gasteiger partial charge >= 0.3 is 0 Å². The highest BCUT2D eigenvalue weighted by atomic mass is 32.2. The standard InChI is InChI=1S/C24H31N3O6S/c1-5-25-24(29)18(4)26(14-19-10-8-7-9-17(19)3)23(28)15-27(34(30,31)6-2)20-11-12-21-22(13-20)33-16-32-21/h7-13,18H,5-6,14-16H2,1-4H3,(H,25,29)/t18-/m0/s1. The van der Waals surface area contributed by atoms with Crippen LogP contribution < -0.4 is 19.1 Å². The topological polar surface area (TPSA) is 105 Å². The van der Waals surface area contributed by atoms with Gasteiger partial charge in [-0.15, -0.1) is 0 Å². The van der Waals surface area contributed by atoms with Gasteiger partial charge in [0.1, 0.15) is 12.6 Å². The van der Waals surface area contributed by atoms with Crippen molar-refractivity contribution in [3.8, 4) is 11.5 Å². The fraction of sp³-hybridized carbons (Fsp3) is 0.417. The number of ether oxygens (including phenoxy) is 2. The van der Waals surface area contributed by atoms with E-state index in [1.165, 1.54) is 11.8 Å². The monoisotopic (exact) mass is 489 g/mol. The number of likely N-dealkylation sites (N-methyl/N-ethyl adjacent to an activating group) is 1. The fourth-order valence-corrected chi connectivity index (χ4v) is 4.69. The van der Waals surface area contributed by atoms with E-state index < -0.39 is 28.5 Å². The van der Waals surface area contributed by atoms with Crippen LogP contribution in [-0.2, 0) is 26.2 Å². The second-order valence-electron chi connectivity index (χ2n) is 7.96. The van der Waals surface area contributed by atoms with Crippen molar-refractivity contribution in [3.05, 3.63) is 53.6 Å². The highest BCUT2D eigenvalue weighted by Gasteiger charge is 2.31. The molecule has 1 atom stereocenters. The molecule has 184 valence electrons. The van der Waals surface area contributed by atoms with Crippen LogP contribution in [0.25, 0.3) is 0 Å². The van der Waals surface area contributed by atoms with Crippen molar-refractivity contribution >= 4 is 27.5 Å². The maximum absolute atomic E-state index is 13.6. The summed E-state index contributed by atoms with van der Waals surface area (Å²) in [7, 11) is -3.81. The molecular formula is C24H31N3O6S. The summed E-state index contributed by atoms with van der Waals surface area (Å²) >= 11 is 0. The summed E-state index contributed by atoms with van der Waals surface area (Å²) in [6.07, 6.45) is 0. The van der Waals surface area contributed by atoms with Crippen LogP contribution in [0.2, 0.25) is 0 Å². The van der Waals surface area contributed by atoms with Crippen molar-refractivity contribution in [1.29, 1.82) is 0 Å².